The van der Waals surface area contributed by atoms with Gasteiger partial charge in [0.2, 0.25) is 0 Å². The van der Waals surface area contributed by atoms with Gasteiger partial charge in [-0.25, -0.2) is 8.78 Å². The molecule has 1 fully saturated rings. The van der Waals surface area contributed by atoms with Crippen molar-refractivity contribution in [3.63, 3.8) is 0 Å². The van der Waals surface area contributed by atoms with Gasteiger partial charge in [0.25, 0.3) is 0 Å². The van der Waals surface area contributed by atoms with Gasteiger partial charge in [-0.15, -0.1) is 0 Å². The van der Waals surface area contributed by atoms with E-state index >= 15 is 0 Å². The van der Waals surface area contributed by atoms with Crippen molar-refractivity contribution in [3.05, 3.63) is 33.8 Å². The zero-order valence-electron chi connectivity index (χ0n) is 10.3. The largest absolute Gasteiger partial charge is 0.315 e. The van der Waals surface area contributed by atoms with Crippen molar-refractivity contribution >= 4 is 15.9 Å². The molecule has 0 bridgehead atoms. The SMILES string of the molecule is CN(Cc1c(F)ccc(Br)c1F)C1CCCNC1. The molecule has 0 aliphatic carbocycles. The highest BCUT2D eigenvalue weighted by molar-refractivity contribution is 9.10. The van der Waals surface area contributed by atoms with Gasteiger partial charge in [-0.3, -0.25) is 4.90 Å². The predicted molar refractivity (Wildman–Crippen MR) is 71.4 cm³/mol. The molecule has 1 heterocycles. The zero-order chi connectivity index (χ0) is 13.1. The maximum Gasteiger partial charge on any atom is 0.144 e. The first-order valence-electron chi connectivity index (χ1n) is 6.13. The second-order valence-corrected chi connectivity index (χ2v) is 5.59. The van der Waals surface area contributed by atoms with Gasteiger partial charge in [-0.05, 0) is 54.5 Å². The molecule has 1 aliphatic heterocycles. The van der Waals surface area contributed by atoms with Crippen LogP contribution in [0.15, 0.2) is 16.6 Å². The Labute approximate surface area is 114 Å². The van der Waals surface area contributed by atoms with Crippen LogP contribution in [0, 0.1) is 11.6 Å². The quantitative estimate of drug-likeness (QED) is 0.862. The van der Waals surface area contributed by atoms with Gasteiger partial charge in [0.1, 0.15) is 11.6 Å². The maximum atomic E-state index is 13.9. The van der Waals surface area contributed by atoms with E-state index in [1.165, 1.54) is 12.1 Å². The number of hydrogen-bond acceptors (Lipinski definition) is 2. The van der Waals surface area contributed by atoms with Crippen LogP contribution >= 0.6 is 15.9 Å². The van der Waals surface area contributed by atoms with E-state index in [2.05, 4.69) is 21.2 Å². The van der Waals surface area contributed by atoms with Gasteiger partial charge in [-0.1, -0.05) is 0 Å². The molecule has 1 saturated heterocycles. The maximum absolute atomic E-state index is 13.9. The predicted octanol–water partition coefficient (Wildman–Crippen LogP) is 2.91. The summed E-state index contributed by atoms with van der Waals surface area (Å²) in [6.45, 7) is 2.21. The number of nitrogens with one attached hydrogen (secondary N) is 1. The third kappa shape index (κ3) is 3.08. The molecule has 100 valence electrons. The summed E-state index contributed by atoms with van der Waals surface area (Å²) in [5, 5.41) is 3.30. The molecule has 2 nitrogen and oxygen atoms in total. The van der Waals surface area contributed by atoms with Crippen LogP contribution in [0.2, 0.25) is 0 Å². The lowest BCUT2D eigenvalue weighted by atomic mass is 10.1. The lowest BCUT2D eigenvalue weighted by molar-refractivity contribution is 0.191. The van der Waals surface area contributed by atoms with Crippen molar-refractivity contribution in [1.82, 2.24) is 10.2 Å². The Morgan fingerprint density at radius 1 is 1.44 bits per heavy atom. The first-order valence-corrected chi connectivity index (χ1v) is 6.92. The standard InChI is InChI=1S/C13H17BrF2N2/c1-18(9-3-2-6-17-7-9)8-10-12(15)5-4-11(14)13(10)16/h4-5,9,17H,2-3,6-8H2,1H3. The van der Waals surface area contributed by atoms with Gasteiger partial charge in [-0.2, -0.15) is 0 Å². The van der Waals surface area contributed by atoms with Crippen molar-refractivity contribution in [2.24, 2.45) is 0 Å². The lowest BCUT2D eigenvalue weighted by Crippen LogP contribution is -2.43. The van der Waals surface area contributed by atoms with E-state index in [4.69, 9.17) is 0 Å². The molecule has 0 aromatic heterocycles. The van der Waals surface area contributed by atoms with E-state index in [0.29, 0.717) is 17.1 Å². The average Bonchev–Trinajstić information content (AvgIpc) is 2.40. The molecule has 5 heteroatoms. The summed E-state index contributed by atoms with van der Waals surface area (Å²) in [5.41, 5.74) is 0.137. The van der Waals surface area contributed by atoms with Crippen LogP contribution in [0.5, 0.6) is 0 Å². The Balaban J connectivity index is 2.10. The van der Waals surface area contributed by atoms with E-state index in [0.717, 1.165) is 25.9 Å². The fraction of sp³-hybridized carbons (Fsp3) is 0.538. The van der Waals surface area contributed by atoms with Crippen LogP contribution in [0.3, 0.4) is 0 Å². The van der Waals surface area contributed by atoms with Gasteiger partial charge in [0.15, 0.2) is 0 Å². The average molecular weight is 319 g/mol. The van der Waals surface area contributed by atoms with Crippen LogP contribution in [0.1, 0.15) is 18.4 Å². The summed E-state index contributed by atoms with van der Waals surface area (Å²) in [5.74, 6) is -0.975. The number of likely N-dealkylation sites (N-methyl/N-ethyl adjacent to an activating group) is 1. The minimum absolute atomic E-state index is 0.137. The molecule has 1 N–H and O–H groups in total. The topological polar surface area (TPSA) is 15.3 Å². The number of piperidine rings is 1. The first-order chi connectivity index (χ1) is 8.59. The molecule has 18 heavy (non-hydrogen) atoms. The van der Waals surface area contributed by atoms with Gasteiger partial charge < -0.3 is 5.32 Å². The molecule has 1 atom stereocenters. The zero-order valence-corrected chi connectivity index (χ0v) is 11.9. The lowest BCUT2D eigenvalue weighted by Gasteiger charge is -2.31. The summed E-state index contributed by atoms with van der Waals surface area (Å²) in [6.07, 6.45) is 2.18. The minimum atomic E-state index is -0.495. The van der Waals surface area contributed by atoms with E-state index in [1.807, 2.05) is 11.9 Å². The molecule has 0 amide bonds. The highest BCUT2D eigenvalue weighted by atomic mass is 79.9. The monoisotopic (exact) mass is 318 g/mol. The van der Waals surface area contributed by atoms with Crippen molar-refractivity contribution in [2.45, 2.75) is 25.4 Å². The molecule has 1 aromatic rings. The molecule has 0 saturated carbocycles. The minimum Gasteiger partial charge on any atom is -0.315 e. The Kier molecular flexibility index (Phi) is 4.70. The number of hydrogen-bond donors (Lipinski definition) is 1. The van der Waals surface area contributed by atoms with E-state index in [9.17, 15) is 8.78 Å². The van der Waals surface area contributed by atoms with Gasteiger partial charge in [0.05, 0.1) is 4.47 Å². The third-order valence-electron chi connectivity index (χ3n) is 3.44. The molecular formula is C13H17BrF2N2. The molecule has 0 radical (unpaired) electrons. The summed E-state index contributed by atoms with van der Waals surface area (Å²) < 4.78 is 27.8. The summed E-state index contributed by atoms with van der Waals surface area (Å²) in [7, 11) is 1.91. The first kappa shape index (κ1) is 13.9. The fourth-order valence-electron chi connectivity index (χ4n) is 2.30. The summed E-state index contributed by atoms with van der Waals surface area (Å²) >= 11 is 3.09. The highest BCUT2D eigenvalue weighted by Crippen LogP contribution is 2.23. The Bertz CT molecular complexity index is 420. The number of benzene rings is 1. The molecule has 0 spiro atoms. The smallest absolute Gasteiger partial charge is 0.144 e. The second-order valence-electron chi connectivity index (χ2n) is 4.74. The number of halogens is 3. The van der Waals surface area contributed by atoms with Crippen molar-refractivity contribution in [3.8, 4) is 0 Å². The second kappa shape index (κ2) is 6.08. The Morgan fingerprint density at radius 2 is 2.22 bits per heavy atom. The number of nitrogens with zero attached hydrogens (tertiary/aromatic N) is 1. The van der Waals surface area contributed by atoms with Crippen molar-refractivity contribution < 1.29 is 8.78 Å². The van der Waals surface area contributed by atoms with Crippen molar-refractivity contribution in [1.29, 1.82) is 0 Å². The Morgan fingerprint density at radius 3 is 2.89 bits per heavy atom. The van der Waals surface area contributed by atoms with E-state index < -0.39 is 11.6 Å². The summed E-state index contributed by atoms with van der Waals surface area (Å²) in [6, 6.07) is 3.04. The van der Waals surface area contributed by atoms with Crippen molar-refractivity contribution in [2.75, 3.05) is 20.1 Å². The Hall–Kier alpha value is -0.520. The molecule has 1 unspecified atom stereocenters. The molecule has 1 aliphatic rings. The third-order valence-corrected chi connectivity index (χ3v) is 4.05. The van der Waals surface area contributed by atoms with Gasteiger partial charge >= 0.3 is 0 Å². The summed E-state index contributed by atoms with van der Waals surface area (Å²) in [4.78, 5) is 2.01. The highest BCUT2D eigenvalue weighted by Gasteiger charge is 2.21. The molecule has 2 rings (SSSR count). The normalized spacial score (nSPS) is 20.4. The van der Waals surface area contributed by atoms with E-state index in [-0.39, 0.29) is 5.56 Å². The van der Waals surface area contributed by atoms with Crippen LogP contribution in [-0.4, -0.2) is 31.1 Å². The van der Waals surface area contributed by atoms with Crippen LogP contribution in [0.4, 0.5) is 8.78 Å². The van der Waals surface area contributed by atoms with Crippen LogP contribution in [-0.2, 0) is 6.54 Å². The fourth-order valence-corrected chi connectivity index (χ4v) is 2.67. The van der Waals surface area contributed by atoms with Crippen LogP contribution in [0.25, 0.3) is 0 Å². The van der Waals surface area contributed by atoms with Gasteiger partial charge in [0, 0.05) is 24.7 Å². The molecular weight excluding hydrogens is 302 g/mol. The number of rotatable bonds is 3. The molecule has 1 aromatic carbocycles. The van der Waals surface area contributed by atoms with E-state index in [1.54, 1.807) is 0 Å². The van der Waals surface area contributed by atoms with Crippen LogP contribution < -0.4 is 5.32 Å².